The average Bonchev–Trinajstić information content (AvgIpc) is 3.20. The zero-order valence-corrected chi connectivity index (χ0v) is 14.9. The quantitative estimate of drug-likeness (QED) is 0.755. The molecule has 1 saturated heterocycles. The summed E-state index contributed by atoms with van der Waals surface area (Å²) in [4.78, 5) is 19.3. The molecule has 1 aromatic heterocycles. The minimum Gasteiger partial charge on any atom is -0.374 e. The molecular weight excluding hydrogens is 310 g/mol. The van der Waals surface area contributed by atoms with Crippen LogP contribution in [-0.4, -0.2) is 79.6 Å². The van der Waals surface area contributed by atoms with E-state index in [4.69, 9.17) is 4.74 Å². The monoisotopic (exact) mass is 337 g/mol. The van der Waals surface area contributed by atoms with E-state index in [0.29, 0.717) is 12.6 Å². The summed E-state index contributed by atoms with van der Waals surface area (Å²) >= 11 is 1.70. The zero-order chi connectivity index (χ0) is 16.2. The summed E-state index contributed by atoms with van der Waals surface area (Å²) in [7, 11) is 4.12. The maximum absolute atomic E-state index is 12.8. The van der Waals surface area contributed by atoms with Crippen molar-refractivity contribution in [3.05, 3.63) is 22.4 Å². The molecule has 0 spiro atoms. The van der Waals surface area contributed by atoms with E-state index in [1.807, 2.05) is 0 Å². The predicted octanol–water partition coefficient (Wildman–Crippen LogP) is 1.50. The largest absolute Gasteiger partial charge is 0.374 e. The molecule has 128 valence electrons. The maximum atomic E-state index is 12.8. The van der Waals surface area contributed by atoms with Crippen molar-refractivity contribution in [2.24, 2.45) is 0 Å². The molecule has 1 saturated carbocycles. The van der Waals surface area contributed by atoms with Gasteiger partial charge < -0.3 is 14.5 Å². The van der Waals surface area contributed by atoms with Gasteiger partial charge in [-0.05, 0) is 49.3 Å². The Morgan fingerprint density at radius 3 is 2.91 bits per heavy atom. The van der Waals surface area contributed by atoms with Crippen molar-refractivity contribution < 1.29 is 9.53 Å². The number of hydrogen-bond donors (Lipinski definition) is 0. The Balaban J connectivity index is 1.54. The molecule has 1 aliphatic heterocycles. The molecule has 2 aliphatic rings. The van der Waals surface area contributed by atoms with Gasteiger partial charge in [-0.1, -0.05) is 0 Å². The first-order valence-corrected chi connectivity index (χ1v) is 9.35. The van der Waals surface area contributed by atoms with Gasteiger partial charge in [-0.25, -0.2) is 0 Å². The van der Waals surface area contributed by atoms with E-state index >= 15 is 0 Å². The lowest BCUT2D eigenvalue weighted by molar-refractivity contribution is -0.135. The molecule has 23 heavy (non-hydrogen) atoms. The Hall–Kier alpha value is -0.950. The Morgan fingerprint density at radius 2 is 2.26 bits per heavy atom. The number of carbonyl (C=O) groups excluding carboxylic acids is 1. The summed E-state index contributed by atoms with van der Waals surface area (Å²) in [6.07, 6.45) is 2.52. The molecule has 0 aromatic carbocycles. The maximum Gasteiger partial charge on any atom is 0.237 e. The molecule has 1 atom stereocenters. The summed E-state index contributed by atoms with van der Waals surface area (Å²) in [5.74, 6) is 0.268. The first kappa shape index (κ1) is 16.9. The Morgan fingerprint density at radius 1 is 1.43 bits per heavy atom. The number of likely N-dealkylation sites (N-methyl/N-ethyl adjacent to an activating group) is 1. The van der Waals surface area contributed by atoms with Crippen molar-refractivity contribution >= 4 is 17.2 Å². The van der Waals surface area contributed by atoms with Crippen LogP contribution in [-0.2, 0) is 16.1 Å². The summed E-state index contributed by atoms with van der Waals surface area (Å²) in [6, 6.07) is 2.58. The lowest BCUT2D eigenvalue weighted by Crippen LogP contribution is -2.50. The van der Waals surface area contributed by atoms with E-state index < -0.39 is 0 Å². The fourth-order valence-corrected chi connectivity index (χ4v) is 3.77. The first-order valence-electron chi connectivity index (χ1n) is 8.41. The Bertz CT molecular complexity index is 502. The summed E-state index contributed by atoms with van der Waals surface area (Å²) in [5, 5.41) is 4.23. The van der Waals surface area contributed by atoms with E-state index in [9.17, 15) is 4.79 Å². The lowest BCUT2D eigenvalue weighted by atomic mass is 10.2. The first-order chi connectivity index (χ1) is 11.1. The minimum atomic E-state index is 0.206. The van der Waals surface area contributed by atoms with Crippen LogP contribution in [0.15, 0.2) is 16.8 Å². The van der Waals surface area contributed by atoms with Crippen LogP contribution in [0, 0.1) is 0 Å². The van der Waals surface area contributed by atoms with Crippen LogP contribution in [0.3, 0.4) is 0 Å². The molecule has 2 heterocycles. The van der Waals surface area contributed by atoms with E-state index in [1.165, 1.54) is 5.56 Å². The number of morpholine rings is 1. The Kier molecular flexibility index (Phi) is 5.69. The van der Waals surface area contributed by atoms with Gasteiger partial charge in [-0.15, -0.1) is 0 Å². The van der Waals surface area contributed by atoms with Crippen LogP contribution >= 0.6 is 11.3 Å². The van der Waals surface area contributed by atoms with E-state index in [1.54, 1.807) is 11.3 Å². The smallest absolute Gasteiger partial charge is 0.237 e. The van der Waals surface area contributed by atoms with Crippen molar-refractivity contribution in [3.63, 3.8) is 0 Å². The summed E-state index contributed by atoms with van der Waals surface area (Å²) < 4.78 is 5.80. The van der Waals surface area contributed by atoms with E-state index in [0.717, 1.165) is 45.6 Å². The number of thiophene rings is 1. The van der Waals surface area contributed by atoms with Crippen LogP contribution in [0.5, 0.6) is 0 Å². The molecule has 6 heteroatoms. The second kappa shape index (κ2) is 7.75. The fraction of sp³-hybridized carbons (Fsp3) is 0.706. The van der Waals surface area contributed by atoms with Gasteiger partial charge in [-0.2, -0.15) is 11.3 Å². The molecule has 1 aliphatic carbocycles. The van der Waals surface area contributed by atoms with Crippen molar-refractivity contribution in [1.82, 2.24) is 14.7 Å². The van der Waals surface area contributed by atoms with Crippen molar-refractivity contribution in [2.45, 2.75) is 31.5 Å². The molecule has 2 fully saturated rings. The topological polar surface area (TPSA) is 36.0 Å². The van der Waals surface area contributed by atoms with Gasteiger partial charge in [0, 0.05) is 32.2 Å². The van der Waals surface area contributed by atoms with Gasteiger partial charge in [0.2, 0.25) is 5.91 Å². The molecule has 0 N–H and O–H groups in total. The third-order valence-electron chi connectivity index (χ3n) is 4.39. The van der Waals surface area contributed by atoms with Crippen LogP contribution < -0.4 is 0 Å². The second-order valence-electron chi connectivity index (χ2n) is 6.87. The minimum absolute atomic E-state index is 0.206. The van der Waals surface area contributed by atoms with E-state index in [2.05, 4.69) is 45.6 Å². The number of hydrogen-bond acceptors (Lipinski definition) is 5. The SMILES string of the molecule is CN(C)CC1CN(CC(=O)N(Cc2ccsc2)C2CC2)CCO1. The average molecular weight is 337 g/mol. The van der Waals surface area contributed by atoms with Gasteiger partial charge in [0.15, 0.2) is 0 Å². The van der Waals surface area contributed by atoms with Gasteiger partial charge in [0.05, 0.1) is 19.3 Å². The zero-order valence-electron chi connectivity index (χ0n) is 14.1. The highest BCUT2D eigenvalue weighted by molar-refractivity contribution is 7.07. The van der Waals surface area contributed by atoms with Crippen molar-refractivity contribution in [3.8, 4) is 0 Å². The van der Waals surface area contributed by atoms with E-state index in [-0.39, 0.29) is 12.0 Å². The van der Waals surface area contributed by atoms with Gasteiger partial charge in [-0.3, -0.25) is 9.69 Å². The summed E-state index contributed by atoms with van der Waals surface area (Å²) in [5.41, 5.74) is 1.25. The normalized spacial score (nSPS) is 22.5. The molecule has 0 bridgehead atoms. The number of carbonyl (C=O) groups is 1. The Labute approximate surface area is 142 Å². The summed E-state index contributed by atoms with van der Waals surface area (Å²) in [6.45, 7) is 4.62. The number of nitrogens with zero attached hydrogens (tertiary/aromatic N) is 3. The number of rotatable bonds is 7. The highest BCUT2D eigenvalue weighted by Crippen LogP contribution is 2.29. The highest BCUT2D eigenvalue weighted by atomic mass is 32.1. The van der Waals surface area contributed by atoms with Crippen LogP contribution in [0.1, 0.15) is 18.4 Å². The van der Waals surface area contributed by atoms with Crippen LogP contribution in [0.2, 0.25) is 0 Å². The van der Waals surface area contributed by atoms with Crippen LogP contribution in [0.25, 0.3) is 0 Å². The standard InChI is InChI=1S/C17H27N3O2S/c1-18(2)10-16-11-19(6-7-22-16)12-17(21)20(15-3-4-15)9-14-5-8-23-13-14/h5,8,13,15-16H,3-4,6-7,9-12H2,1-2H3. The third kappa shape index (κ3) is 5.01. The predicted molar refractivity (Wildman–Crippen MR) is 92.6 cm³/mol. The number of amides is 1. The van der Waals surface area contributed by atoms with Crippen molar-refractivity contribution in [1.29, 1.82) is 0 Å². The molecular formula is C17H27N3O2S. The molecule has 5 nitrogen and oxygen atoms in total. The lowest BCUT2D eigenvalue weighted by Gasteiger charge is -2.35. The fourth-order valence-electron chi connectivity index (χ4n) is 3.11. The molecule has 1 aromatic rings. The molecule has 1 amide bonds. The molecule has 3 rings (SSSR count). The van der Waals surface area contributed by atoms with Gasteiger partial charge in [0.25, 0.3) is 0 Å². The third-order valence-corrected chi connectivity index (χ3v) is 5.12. The number of ether oxygens (including phenoxy) is 1. The van der Waals surface area contributed by atoms with Gasteiger partial charge >= 0.3 is 0 Å². The molecule has 0 radical (unpaired) electrons. The van der Waals surface area contributed by atoms with Gasteiger partial charge in [0.1, 0.15) is 0 Å². The van der Waals surface area contributed by atoms with Crippen LogP contribution in [0.4, 0.5) is 0 Å². The second-order valence-corrected chi connectivity index (χ2v) is 7.65. The van der Waals surface area contributed by atoms with Crippen molar-refractivity contribution in [2.75, 3.05) is 46.9 Å². The molecule has 1 unspecified atom stereocenters. The highest BCUT2D eigenvalue weighted by Gasteiger charge is 2.34.